The second kappa shape index (κ2) is 5.47. The summed E-state index contributed by atoms with van der Waals surface area (Å²) in [6, 6.07) is 18.0. The Hall–Kier alpha value is -2.13. The van der Waals surface area contributed by atoms with Crippen LogP contribution in [0, 0.1) is 5.82 Å². The highest BCUT2D eigenvalue weighted by atomic mass is 35.5. The smallest absolute Gasteiger partial charge is 0.128 e. The molecule has 0 radical (unpaired) electrons. The van der Waals surface area contributed by atoms with Crippen LogP contribution in [0.15, 0.2) is 60.7 Å². The van der Waals surface area contributed by atoms with Gasteiger partial charge in [0.05, 0.1) is 12.2 Å². The number of nitrogens with zero attached hydrogens (tertiary/aromatic N) is 2. The normalized spacial score (nSPS) is 10.7. The van der Waals surface area contributed by atoms with Gasteiger partial charge in [0.25, 0.3) is 0 Å². The zero-order valence-electron chi connectivity index (χ0n) is 10.6. The standard InChI is InChI=1S/C16H12ClFN2/c17-16-10-15(13-4-2-1-3-5-13)19-20(16)11-12-6-8-14(18)9-7-12/h1-10H,11H2. The summed E-state index contributed by atoms with van der Waals surface area (Å²) in [6.07, 6.45) is 0. The van der Waals surface area contributed by atoms with E-state index in [2.05, 4.69) is 5.10 Å². The van der Waals surface area contributed by atoms with Crippen molar-refractivity contribution < 1.29 is 4.39 Å². The van der Waals surface area contributed by atoms with E-state index in [1.165, 1.54) is 12.1 Å². The molecule has 3 rings (SSSR count). The molecule has 0 aliphatic rings. The summed E-state index contributed by atoms with van der Waals surface area (Å²) in [4.78, 5) is 0. The van der Waals surface area contributed by atoms with E-state index in [9.17, 15) is 4.39 Å². The molecule has 0 fully saturated rings. The molecule has 0 atom stereocenters. The highest BCUT2D eigenvalue weighted by Gasteiger charge is 2.08. The van der Waals surface area contributed by atoms with E-state index >= 15 is 0 Å². The largest absolute Gasteiger partial charge is 0.249 e. The average Bonchev–Trinajstić information content (AvgIpc) is 2.84. The van der Waals surface area contributed by atoms with E-state index in [0.29, 0.717) is 11.7 Å². The first-order valence-corrected chi connectivity index (χ1v) is 6.63. The zero-order chi connectivity index (χ0) is 13.9. The van der Waals surface area contributed by atoms with Crippen molar-refractivity contribution in [1.29, 1.82) is 0 Å². The third kappa shape index (κ3) is 2.73. The summed E-state index contributed by atoms with van der Waals surface area (Å²) in [7, 11) is 0. The zero-order valence-corrected chi connectivity index (χ0v) is 11.4. The summed E-state index contributed by atoms with van der Waals surface area (Å²) in [5.74, 6) is -0.245. The monoisotopic (exact) mass is 286 g/mol. The van der Waals surface area contributed by atoms with Gasteiger partial charge in [0, 0.05) is 11.6 Å². The molecule has 1 heterocycles. The van der Waals surface area contributed by atoms with Crippen LogP contribution in [0.25, 0.3) is 11.3 Å². The molecule has 0 saturated carbocycles. The second-order valence-corrected chi connectivity index (χ2v) is 4.89. The van der Waals surface area contributed by atoms with Crippen LogP contribution in [0.5, 0.6) is 0 Å². The lowest BCUT2D eigenvalue weighted by molar-refractivity contribution is 0.624. The van der Waals surface area contributed by atoms with E-state index in [4.69, 9.17) is 11.6 Å². The fourth-order valence-corrected chi connectivity index (χ4v) is 2.22. The van der Waals surface area contributed by atoms with Crippen molar-refractivity contribution in [2.45, 2.75) is 6.54 Å². The molecule has 0 aliphatic carbocycles. The van der Waals surface area contributed by atoms with Crippen molar-refractivity contribution in [2.75, 3.05) is 0 Å². The molecule has 0 bridgehead atoms. The highest BCUT2D eigenvalue weighted by molar-refractivity contribution is 6.29. The Balaban J connectivity index is 1.88. The first-order chi connectivity index (χ1) is 9.72. The number of halogens is 2. The minimum Gasteiger partial charge on any atom is -0.249 e. The van der Waals surface area contributed by atoms with Gasteiger partial charge in [-0.1, -0.05) is 54.1 Å². The maximum absolute atomic E-state index is 12.9. The van der Waals surface area contributed by atoms with Gasteiger partial charge in [0.1, 0.15) is 11.0 Å². The minimum atomic E-state index is -0.245. The number of hydrogen-bond acceptors (Lipinski definition) is 1. The maximum atomic E-state index is 12.9. The Kier molecular flexibility index (Phi) is 3.52. The van der Waals surface area contributed by atoms with Crippen molar-refractivity contribution in [1.82, 2.24) is 9.78 Å². The van der Waals surface area contributed by atoms with Gasteiger partial charge in [0.15, 0.2) is 0 Å². The van der Waals surface area contributed by atoms with Crippen LogP contribution in [-0.2, 0) is 6.54 Å². The fourth-order valence-electron chi connectivity index (χ4n) is 2.02. The highest BCUT2D eigenvalue weighted by Crippen LogP contribution is 2.22. The van der Waals surface area contributed by atoms with Crippen molar-refractivity contribution in [3.63, 3.8) is 0 Å². The quantitative estimate of drug-likeness (QED) is 0.698. The average molecular weight is 287 g/mol. The Labute approximate surface area is 121 Å². The summed E-state index contributed by atoms with van der Waals surface area (Å²) in [6.45, 7) is 0.520. The Morgan fingerprint density at radius 3 is 2.40 bits per heavy atom. The van der Waals surface area contributed by atoms with Crippen LogP contribution in [0.3, 0.4) is 0 Å². The molecule has 2 aromatic carbocycles. The van der Waals surface area contributed by atoms with Gasteiger partial charge in [-0.05, 0) is 17.7 Å². The first-order valence-electron chi connectivity index (χ1n) is 6.25. The molecule has 0 saturated heterocycles. The Bertz CT molecular complexity index is 705. The summed E-state index contributed by atoms with van der Waals surface area (Å²) >= 11 is 6.20. The van der Waals surface area contributed by atoms with Gasteiger partial charge in [-0.3, -0.25) is 0 Å². The lowest BCUT2D eigenvalue weighted by Crippen LogP contribution is -2.02. The van der Waals surface area contributed by atoms with Crippen molar-refractivity contribution in [2.24, 2.45) is 0 Å². The predicted octanol–water partition coefficient (Wildman–Crippen LogP) is 4.39. The Morgan fingerprint density at radius 1 is 1.00 bits per heavy atom. The van der Waals surface area contributed by atoms with Crippen molar-refractivity contribution in [3.8, 4) is 11.3 Å². The molecular formula is C16H12ClFN2. The number of rotatable bonds is 3. The van der Waals surface area contributed by atoms with Crippen LogP contribution < -0.4 is 0 Å². The molecule has 0 unspecified atom stereocenters. The molecular weight excluding hydrogens is 275 g/mol. The summed E-state index contributed by atoms with van der Waals surface area (Å²) in [5, 5.41) is 5.05. The van der Waals surface area contributed by atoms with Crippen LogP contribution in [-0.4, -0.2) is 9.78 Å². The number of hydrogen-bond donors (Lipinski definition) is 0. The van der Waals surface area contributed by atoms with Gasteiger partial charge < -0.3 is 0 Å². The maximum Gasteiger partial charge on any atom is 0.128 e. The lowest BCUT2D eigenvalue weighted by Gasteiger charge is -2.03. The molecule has 2 nitrogen and oxygen atoms in total. The van der Waals surface area contributed by atoms with Crippen LogP contribution in [0.1, 0.15) is 5.56 Å². The first kappa shape index (κ1) is 12.9. The van der Waals surface area contributed by atoms with Gasteiger partial charge >= 0.3 is 0 Å². The number of benzene rings is 2. The molecule has 1 aromatic heterocycles. The summed E-state index contributed by atoms with van der Waals surface area (Å²) < 4.78 is 14.6. The molecule has 0 N–H and O–H groups in total. The topological polar surface area (TPSA) is 17.8 Å². The van der Waals surface area contributed by atoms with Crippen LogP contribution >= 0.6 is 11.6 Å². The van der Waals surface area contributed by atoms with E-state index in [-0.39, 0.29) is 5.82 Å². The van der Waals surface area contributed by atoms with Gasteiger partial charge in [-0.25, -0.2) is 9.07 Å². The van der Waals surface area contributed by atoms with Gasteiger partial charge in [-0.2, -0.15) is 5.10 Å². The van der Waals surface area contributed by atoms with Gasteiger partial charge in [0.2, 0.25) is 0 Å². The minimum absolute atomic E-state index is 0.245. The van der Waals surface area contributed by atoms with Gasteiger partial charge in [-0.15, -0.1) is 0 Å². The van der Waals surface area contributed by atoms with Crippen molar-refractivity contribution >= 4 is 11.6 Å². The fraction of sp³-hybridized carbons (Fsp3) is 0.0625. The molecule has 3 aromatic rings. The third-order valence-corrected chi connectivity index (χ3v) is 3.35. The summed E-state index contributed by atoms with van der Waals surface area (Å²) in [5.41, 5.74) is 2.81. The third-order valence-electron chi connectivity index (χ3n) is 3.05. The molecule has 20 heavy (non-hydrogen) atoms. The molecule has 0 aliphatic heterocycles. The predicted molar refractivity (Wildman–Crippen MR) is 78.2 cm³/mol. The lowest BCUT2D eigenvalue weighted by atomic mass is 10.2. The molecule has 4 heteroatoms. The SMILES string of the molecule is Fc1ccc(Cn2nc(-c3ccccc3)cc2Cl)cc1. The second-order valence-electron chi connectivity index (χ2n) is 4.50. The number of aromatic nitrogens is 2. The van der Waals surface area contributed by atoms with E-state index in [1.807, 2.05) is 36.4 Å². The van der Waals surface area contributed by atoms with Crippen molar-refractivity contribution in [3.05, 3.63) is 77.2 Å². The molecule has 0 spiro atoms. The molecule has 100 valence electrons. The van der Waals surface area contributed by atoms with E-state index in [0.717, 1.165) is 16.8 Å². The van der Waals surface area contributed by atoms with Crippen LogP contribution in [0.4, 0.5) is 4.39 Å². The Morgan fingerprint density at radius 2 is 1.70 bits per heavy atom. The van der Waals surface area contributed by atoms with E-state index < -0.39 is 0 Å². The van der Waals surface area contributed by atoms with E-state index in [1.54, 1.807) is 16.8 Å². The van der Waals surface area contributed by atoms with Crippen LogP contribution in [0.2, 0.25) is 5.15 Å². The molecule has 0 amide bonds.